The Bertz CT molecular complexity index is 403. The van der Waals surface area contributed by atoms with Crippen molar-refractivity contribution < 1.29 is 9.59 Å². The van der Waals surface area contributed by atoms with Crippen LogP contribution in [0, 0.1) is 0 Å². The lowest BCUT2D eigenvalue weighted by Crippen LogP contribution is -2.36. The third kappa shape index (κ3) is 4.40. The third-order valence-corrected chi connectivity index (χ3v) is 2.17. The van der Waals surface area contributed by atoms with Crippen LogP contribution in [-0.2, 0) is 4.79 Å². The molecule has 18 heavy (non-hydrogen) atoms. The maximum Gasteiger partial charge on any atom is 0.253 e. The van der Waals surface area contributed by atoms with E-state index < -0.39 is 0 Å². The number of hydrogen-bond acceptors (Lipinski definition) is 4. The first-order valence-electron chi connectivity index (χ1n) is 5.92. The summed E-state index contributed by atoms with van der Waals surface area (Å²) < 4.78 is 0. The number of pyridine rings is 1. The summed E-state index contributed by atoms with van der Waals surface area (Å²) in [5, 5.41) is 8.16. The molecule has 1 heterocycles. The molecule has 0 aliphatic carbocycles. The maximum absolute atomic E-state index is 11.7. The second-order valence-corrected chi connectivity index (χ2v) is 3.60. The molecule has 0 radical (unpaired) electrons. The second kappa shape index (κ2) is 7.26. The van der Waals surface area contributed by atoms with E-state index in [1.165, 1.54) is 6.20 Å². The molecule has 0 atom stereocenters. The summed E-state index contributed by atoms with van der Waals surface area (Å²) in [5.41, 5.74) is 0.431. The molecule has 0 aliphatic rings. The highest BCUT2D eigenvalue weighted by molar-refractivity contribution is 5.96. The van der Waals surface area contributed by atoms with E-state index in [9.17, 15) is 9.59 Å². The average Bonchev–Trinajstić information content (AvgIpc) is 2.37. The lowest BCUT2D eigenvalue weighted by atomic mass is 10.2. The molecular weight excluding hydrogens is 232 g/mol. The number of aromatic nitrogens is 1. The molecular formula is C12H18N4O2. The van der Waals surface area contributed by atoms with Gasteiger partial charge in [0, 0.05) is 19.3 Å². The Hall–Kier alpha value is -2.11. The minimum Gasteiger partial charge on any atom is -0.370 e. The minimum atomic E-state index is -0.309. The van der Waals surface area contributed by atoms with Crippen molar-refractivity contribution in [1.82, 2.24) is 15.6 Å². The molecule has 6 heteroatoms. The molecule has 2 amide bonds. The zero-order chi connectivity index (χ0) is 13.4. The first-order chi connectivity index (χ1) is 8.67. The highest BCUT2D eigenvalue weighted by Gasteiger charge is 2.07. The lowest BCUT2D eigenvalue weighted by Gasteiger charge is -2.06. The number of hydrogen-bond donors (Lipinski definition) is 3. The highest BCUT2D eigenvalue weighted by atomic mass is 16.2. The van der Waals surface area contributed by atoms with E-state index in [-0.39, 0.29) is 18.4 Å². The first kappa shape index (κ1) is 14.0. The van der Waals surface area contributed by atoms with Gasteiger partial charge in [0.2, 0.25) is 5.91 Å². The highest BCUT2D eigenvalue weighted by Crippen LogP contribution is 2.04. The summed E-state index contributed by atoms with van der Waals surface area (Å²) in [6, 6.07) is 3.39. The van der Waals surface area contributed by atoms with E-state index >= 15 is 0 Å². The van der Waals surface area contributed by atoms with Crippen LogP contribution in [0.1, 0.15) is 24.2 Å². The van der Waals surface area contributed by atoms with Gasteiger partial charge in [0.05, 0.1) is 12.1 Å². The summed E-state index contributed by atoms with van der Waals surface area (Å²) in [6.07, 6.45) is 1.48. The molecule has 0 unspecified atom stereocenters. The fourth-order valence-corrected chi connectivity index (χ4v) is 1.34. The predicted molar refractivity (Wildman–Crippen MR) is 69.4 cm³/mol. The van der Waals surface area contributed by atoms with Gasteiger partial charge in [-0.2, -0.15) is 0 Å². The fraction of sp³-hybridized carbons (Fsp3) is 0.417. The van der Waals surface area contributed by atoms with Crippen molar-refractivity contribution in [3.05, 3.63) is 23.9 Å². The molecule has 1 aromatic rings. The summed E-state index contributed by atoms with van der Waals surface area (Å²) >= 11 is 0. The van der Waals surface area contributed by atoms with E-state index in [4.69, 9.17) is 0 Å². The Morgan fingerprint density at radius 2 is 1.94 bits per heavy atom. The van der Waals surface area contributed by atoms with Gasteiger partial charge < -0.3 is 16.0 Å². The lowest BCUT2D eigenvalue weighted by molar-refractivity contribution is -0.120. The number of rotatable bonds is 6. The molecule has 0 aromatic carbocycles. The van der Waals surface area contributed by atoms with Crippen LogP contribution in [0.3, 0.4) is 0 Å². The quantitative estimate of drug-likeness (QED) is 0.681. The zero-order valence-electron chi connectivity index (χ0n) is 10.6. The van der Waals surface area contributed by atoms with Crippen LogP contribution in [0.4, 0.5) is 5.82 Å². The van der Waals surface area contributed by atoms with Gasteiger partial charge >= 0.3 is 0 Å². The van der Waals surface area contributed by atoms with Gasteiger partial charge in [0.15, 0.2) is 0 Å². The van der Waals surface area contributed by atoms with E-state index in [1.807, 2.05) is 13.8 Å². The molecule has 3 N–H and O–H groups in total. The van der Waals surface area contributed by atoms with Gasteiger partial charge in [0.25, 0.3) is 5.91 Å². The van der Waals surface area contributed by atoms with Crippen molar-refractivity contribution in [2.24, 2.45) is 0 Å². The van der Waals surface area contributed by atoms with Crippen LogP contribution in [0.25, 0.3) is 0 Å². The van der Waals surface area contributed by atoms with Crippen LogP contribution >= 0.6 is 0 Å². The maximum atomic E-state index is 11.7. The molecule has 1 rings (SSSR count). The van der Waals surface area contributed by atoms with Crippen LogP contribution in [0.5, 0.6) is 0 Å². The number of amides is 2. The van der Waals surface area contributed by atoms with Crippen LogP contribution in [0.15, 0.2) is 18.3 Å². The largest absolute Gasteiger partial charge is 0.370 e. The molecule has 1 aromatic heterocycles. The van der Waals surface area contributed by atoms with E-state index in [2.05, 4.69) is 20.9 Å². The summed E-state index contributed by atoms with van der Waals surface area (Å²) in [7, 11) is 0. The first-order valence-corrected chi connectivity index (χ1v) is 5.92. The molecule has 0 saturated heterocycles. The summed E-state index contributed by atoms with van der Waals surface area (Å²) in [4.78, 5) is 26.9. The topological polar surface area (TPSA) is 83.1 Å². The normalized spacial score (nSPS) is 9.67. The molecule has 0 bridgehead atoms. The zero-order valence-corrected chi connectivity index (χ0v) is 10.6. The standard InChI is InChI=1S/C12H18N4O2/c1-3-13-10-6-5-9(7-15-10)12(18)16-8-11(17)14-4-2/h5-7H,3-4,8H2,1-2H3,(H,13,15)(H,14,17)(H,16,18). The fourth-order valence-electron chi connectivity index (χ4n) is 1.34. The number of carbonyl (C=O) groups excluding carboxylic acids is 2. The molecule has 0 saturated carbocycles. The summed E-state index contributed by atoms with van der Waals surface area (Å²) in [5.74, 6) is 0.206. The van der Waals surface area contributed by atoms with Crippen molar-refractivity contribution in [3.8, 4) is 0 Å². The van der Waals surface area contributed by atoms with Gasteiger partial charge in [-0.15, -0.1) is 0 Å². The molecule has 0 spiro atoms. The molecule has 6 nitrogen and oxygen atoms in total. The second-order valence-electron chi connectivity index (χ2n) is 3.60. The van der Waals surface area contributed by atoms with Gasteiger partial charge in [0.1, 0.15) is 5.82 Å². The van der Waals surface area contributed by atoms with E-state index in [0.717, 1.165) is 12.4 Å². The van der Waals surface area contributed by atoms with Crippen LogP contribution in [-0.4, -0.2) is 36.4 Å². The van der Waals surface area contributed by atoms with Gasteiger partial charge in [-0.05, 0) is 26.0 Å². The monoisotopic (exact) mass is 250 g/mol. The van der Waals surface area contributed by atoms with Crippen molar-refractivity contribution >= 4 is 17.6 Å². The Morgan fingerprint density at radius 1 is 1.17 bits per heavy atom. The van der Waals surface area contributed by atoms with Crippen LogP contribution < -0.4 is 16.0 Å². The minimum absolute atomic E-state index is 0.0262. The number of likely N-dealkylation sites (N-methyl/N-ethyl adjacent to an activating group) is 1. The summed E-state index contributed by atoms with van der Waals surface area (Å²) in [6.45, 7) is 5.09. The van der Waals surface area contributed by atoms with Crippen molar-refractivity contribution in [2.75, 3.05) is 25.0 Å². The van der Waals surface area contributed by atoms with E-state index in [1.54, 1.807) is 12.1 Å². The molecule has 98 valence electrons. The van der Waals surface area contributed by atoms with Gasteiger partial charge in [-0.1, -0.05) is 0 Å². The Balaban J connectivity index is 2.48. The van der Waals surface area contributed by atoms with Crippen molar-refractivity contribution in [1.29, 1.82) is 0 Å². The number of carbonyl (C=O) groups is 2. The Labute approximate surface area is 106 Å². The molecule has 0 aliphatic heterocycles. The average molecular weight is 250 g/mol. The van der Waals surface area contributed by atoms with Gasteiger partial charge in [-0.25, -0.2) is 4.98 Å². The predicted octanol–water partition coefficient (Wildman–Crippen LogP) is 0.379. The van der Waals surface area contributed by atoms with E-state index in [0.29, 0.717) is 12.1 Å². The Morgan fingerprint density at radius 3 is 2.50 bits per heavy atom. The number of nitrogens with one attached hydrogen (secondary N) is 3. The number of anilines is 1. The SMILES string of the molecule is CCNC(=O)CNC(=O)c1ccc(NCC)nc1. The van der Waals surface area contributed by atoms with Crippen molar-refractivity contribution in [2.45, 2.75) is 13.8 Å². The Kier molecular flexibility index (Phi) is 5.63. The van der Waals surface area contributed by atoms with Crippen molar-refractivity contribution in [3.63, 3.8) is 0 Å². The van der Waals surface area contributed by atoms with Gasteiger partial charge in [-0.3, -0.25) is 9.59 Å². The van der Waals surface area contributed by atoms with Crippen LogP contribution in [0.2, 0.25) is 0 Å². The number of nitrogens with zero attached hydrogens (tertiary/aromatic N) is 1. The smallest absolute Gasteiger partial charge is 0.253 e. The molecule has 0 fully saturated rings. The third-order valence-electron chi connectivity index (χ3n) is 2.17.